The Morgan fingerprint density at radius 1 is 0.735 bits per heavy atom. The Bertz CT molecular complexity index is 1070. The molecule has 5 rings (SSSR count). The van der Waals surface area contributed by atoms with Crippen molar-refractivity contribution >= 4 is 35.1 Å². The summed E-state index contributed by atoms with van der Waals surface area (Å²) < 4.78 is 0. The van der Waals surface area contributed by atoms with Crippen LogP contribution in [0.15, 0.2) is 60.2 Å². The van der Waals surface area contributed by atoms with Crippen LogP contribution in [0.1, 0.15) is 56.1 Å². The fourth-order valence-corrected chi connectivity index (χ4v) is 5.41. The van der Waals surface area contributed by atoms with Crippen molar-refractivity contribution in [1.29, 1.82) is 0 Å². The Morgan fingerprint density at radius 3 is 1.82 bits per heavy atom. The summed E-state index contributed by atoms with van der Waals surface area (Å²) in [6.45, 7) is 4.49. The lowest BCUT2D eigenvalue weighted by molar-refractivity contribution is -0.129. The second-order valence-electron chi connectivity index (χ2n) is 9.79. The highest BCUT2D eigenvalue weighted by Gasteiger charge is 2.30. The van der Waals surface area contributed by atoms with Gasteiger partial charge in [0.05, 0.1) is 5.92 Å². The van der Waals surface area contributed by atoms with Crippen molar-refractivity contribution in [3.05, 3.63) is 71.3 Å². The van der Waals surface area contributed by atoms with E-state index in [-0.39, 0.29) is 11.6 Å². The molecular weight excluding hydrogens is 420 g/mol. The predicted molar refractivity (Wildman–Crippen MR) is 140 cm³/mol. The molecule has 176 valence electrons. The number of hydrogen-bond donors (Lipinski definition) is 0. The van der Waals surface area contributed by atoms with Gasteiger partial charge in [-0.2, -0.15) is 0 Å². The second-order valence-corrected chi connectivity index (χ2v) is 9.79. The first-order chi connectivity index (χ1) is 16.7. The highest BCUT2D eigenvalue weighted by atomic mass is 16.1. The van der Waals surface area contributed by atoms with E-state index in [1.54, 1.807) is 6.08 Å². The highest BCUT2D eigenvalue weighted by Crippen LogP contribution is 2.29. The third-order valence-electron chi connectivity index (χ3n) is 7.42. The van der Waals surface area contributed by atoms with Crippen molar-refractivity contribution in [3.8, 4) is 0 Å². The summed E-state index contributed by atoms with van der Waals surface area (Å²) in [5.41, 5.74) is 5.30. The molecule has 0 N–H and O–H groups in total. The summed E-state index contributed by atoms with van der Waals surface area (Å²) in [5.74, 6) is -0.638. The van der Waals surface area contributed by atoms with Crippen LogP contribution in [-0.4, -0.2) is 37.7 Å². The third kappa shape index (κ3) is 5.16. The lowest BCUT2D eigenvalue weighted by Crippen LogP contribution is -2.27. The smallest absolute Gasteiger partial charge is 0.169 e. The summed E-state index contributed by atoms with van der Waals surface area (Å²) >= 11 is 0. The molecule has 34 heavy (non-hydrogen) atoms. The van der Waals surface area contributed by atoms with E-state index in [4.69, 9.17) is 0 Å². The van der Waals surface area contributed by atoms with E-state index < -0.39 is 5.92 Å². The number of carbonyl (C=O) groups excluding carboxylic acids is 2. The van der Waals surface area contributed by atoms with Gasteiger partial charge in [0.25, 0.3) is 0 Å². The topological polar surface area (TPSA) is 40.6 Å². The van der Waals surface area contributed by atoms with Gasteiger partial charge in [-0.3, -0.25) is 9.59 Å². The molecule has 0 aromatic heterocycles. The molecule has 2 aliphatic heterocycles. The van der Waals surface area contributed by atoms with Crippen LogP contribution in [0.2, 0.25) is 0 Å². The van der Waals surface area contributed by atoms with Gasteiger partial charge in [0.15, 0.2) is 11.6 Å². The highest BCUT2D eigenvalue weighted by molar-refractivity contribution is 6.16. The van der Waals surface area contributed by atoms with E-state index >= 15 is 0 Å². The number of anilines is 2. The maximum Gasteiger partial charge on any atom is 0.169 e. The number of nitrogens with zero attached hydrogens (tertiary/aromatic N) is 2. The number of rotatable bonds is 6. The van der Waals surface area contributed by atoms with Gasteiger partial charge in [0.1, 0.15) is 0 Å². The molecule has 1 atom stereocenters. The van der Waals surface area contributed by atoms with Gasteiger partial charge in [-0.15, -0.1) is 0 Å². The van der Waals surface area contributed by atoms with Crippen molar-refractivity contribution < 1.29 is 9.59 Å². The SMILES string of the molecule is O=C(C=Cc1ccc(N2CCCC2)cc1)C1CCCC(=Cc2ccc(N3CCCC3)cc2)C1=O. The number of hydrogen-bond acceptors (Lipinski definition) is 4. The minimum Gasteiger partial charge on any atom is -0.372 e. The fourth-order valence-electron chi connectivity index (χ4n) is 5.41. The van der Waals surface area contributed by atoms with Crippen LogP contribution in [0.3, 0.4) is 0 Å². The van der Waals surface area contributed by atoms with E-state index in [1.807, 2.05) is 12.2 Å². The van der Waals surface area contributed by atoms with Gasteiger partial charge < -0.3 is 9.80 Å². The Balaban J connectivity index is 1.22. The lowest BCUT2D eigenvalue weighted by Gasteiger charge is -2.21. The van der Waals surface area contributed by atoms with Gasteiger partial charge in [-0.05, 0) is 98.1 Å². The first kappa shape index (κ1) is 22.6. The molecule has 2 saturated heterocycles. The molecule has 2 aromatic rings. The van der Waals surface area contributed by atoms with Crippen molar-refractivity contribution in [2.45, 2.75) is 44.9 Å². The molecule has 0 radical (unpaired) electrons. The minimum absolute atomic E-state index is 0.00565. The zero-order chi connectivity index (χ0) is 23.3. The van der Waals surface area contributed by atoms with Crippen LogP contribution < -0.4 is 9.80 Å². The summed E-state index contributed by atoms with van der Waals surface area (Å²) in [5, 5.41) is 0. The zero-order valence-corrected chi connectivity index (χ0v) is 19.9. The van der Waals surface area contributed by atoms with Crippen LogP contribution in [0.5, 0.6) is 0 Å². The first-order valence-electron chi connectivity index (χ1n) is 12.8. The molecule has 0 bridgehead atoms. The Hall–Kier alpha value is -3.14. The lowest BCUT2D eigenvalue weighted by atomic mass is 9.81. The quantitative estimate of drug-likeness (QED) is 0.401. The van der Waals surface area contributed by atoms with E-state index in [0.717, 1.165) is 55.7 Å². The van der Waals surface area contributed by atoms with Gasteiger partial charge in [0, 0.05) is 37.6 Å². The monoisotopic (exact) mass is 454 g/mol. The zero-order valence-electron chi connectivity index (χ0n) is 19.9. The normalized spacial score (nSPS) is 22.3. The fraction of sp³-hybridized carbons (Fsp3) is 0.400. The number of ketones is 2. The Morgan fingerprint density at radius 2 is 1.26 bits per heavy atom. The maximum atomic E-state index is 13.1. The van der Waals surface area contributed by atoms with Crippen molar-refractivity contribution in [3.63, 3.8) is 0 Å². The molecule has 3 fully saturated rings. The molecule has 2 aromatic carbocycles. The van der Waals surface area contributed by atoms with E-state index in [9.17, 15) is 9.59 Å². The van der Waals surface area contributed by atoms with E-state index in [1.165, 1.54) is 37.1 Å². The molecule has 3 aliphatic rings. The second kappa shape index (κ2) is 10.4. The first-order valence-corrected chi connectivity index (χ1v) is 12.8. The maximum absolute atomic E-state index is 13.1. The van der Waals surface area contributed by atoms with Gasteiger partial charge in [-0.25, -0.2) is 0 Å². The summed E-state index contributed by atoms with van der Waals surface area (Å²) in [7, 11) is 0. The molecule has 0 amide bonds. The average Bonchev–Trinajstić information content (AvgIpc) is 3.60. The minimum atomic E-state index is -0.552. The molecular formula is C30H34N2O2. The molecule has 4 heteroatoms. The Kier molecular flexibility index (Phi) is 6.94. The van der Waals surface area contributed by atoms with E-state index in [0.29, 0.717) is 6.42 Å². The number of allylic oxidation sites excluding steroid dienone is 2. The van der Waals surface area contributed by atoms with Crippen LogP contribution in [0.25, 0.3) is 12.2 Å². The van der Waals surface area contributed by atoms with Crippen LogP contribution >= 0.6 is 0 Å². The predicted octanol–water partition coefficient (Wildman–Crippen LogP) is 5.92. The molecule has 1 saturated carbocycles. The van der Waals surface area contributed by atoms with Crippen LogP contribution in [0.4, 0.5) is 11.4 Å². The van der Waals surface area contributed by atoms with Gasteiger partial charge in [-0.1, -0.05) is 30.3 Å². The molecule has 4 nitrogen and oxygen atoms in total. The number of Topliss-reactive ketones (excluding diaryl/α,β-unsaturated/α-hetero) is 1. The van der Waals surface area contributed by atoms with Crippen molar-refractivity contribution in [2.75, 3.05) is 36.0 Å². The van der Waals surface area contributed by atoms with Gasteiger partial charge in [0.2, 0.25) is 0 Å². The molecule has 0 spiro atoms. The summed E-state index contributed by atoms with van der Waals surface area (Å²) in [4.78, 5) is 30.8. The number of carbonyl (C=O) groups is 2. The molecule has 1 unspecified atom stereocenters. The summed E-state index contributed by atoms with van der Waals surface area (Å²) in [6.07, 6.45) is 12.7. The average molecular weight is 455 g/mol. The van der Waals surface area contributed by atoms with Crippen LogP contribution in [0, 0.1) is 5.92 Å². The van der Waals surface area contributed by atoms with Gasteiger partial charge >= 0.3 is 0 Å². The number of benzene rings is 2. The summed E-state index contributed by atoms with van der Waals surface area (Å²) in [6, 6.07) is 16.8. The van der Waals surface area contributed by atoms with E-state index in [2.05, 4.69) is 58.3 Å². The van der Waals surface area contributed by atoms with Crippen molar-refractivity contribution in [1.82, 2.24) is 0 Å². The standard InChI is InChI=1S/C30H34N2O2/c33-29(17-12-23-8-13-26(14-9-23)31-18-1-2-19-31)28-7-5-6-25(30(28)34)22-24-10-15-27(16-11-24)32-20-3-4-21-32/h8-17,22,28H,1-7,18-21H2. The Labute approximate surface area is 203 Å². The molecule has 1 aliphatic carbocycles. The van der Waals surface area contributed by atoms with Crippen LogP contribution in [-0.2, 0) is 9.59 Å². The largest absolute Gasteiger partial charge is 0.372 e. The molecule has 2 heterocycles. The van der Waals surface area contributed by atoms with Crippen molar-refractivity contribution in [2.24, 2.45) is 5.92 Å². The third-order valence-corrected chi connectivity index (χ3v) is 7.42.